The maximum Gasteiger partial charge on any atom is 0.0970 e. The van der Waals surface area contributed by atoms with Crippen molar-refractivity contribution in [3.05, 3.63) is 194 Å². The third kappa shape index (κ3) is 5.23. The molecule has 0 spiro atoms. The molecular weight excluding hydrogens is 705 g/mol. The summed E-state index contributed by atoms with van der Waals surface area (Å²) in [6.07, 6.45) is 3.66. The van der Waals surface area contributed by atoms with Crippen molar-refractivity contribution in [3.63, 3.8) is 0 Å². The first kappa shape index (κ1) is 32.4. The molecule has 0 fully saturated rings. The Morgan fingerprint density at radius 1 is 0.276 bits per heavy atom. The second-order valence-electron chi connectivity index (χ2n) is 15.0. The maximum absolute atomic E-state index is 5.22. The van der Waals surface area contributed by atoms with E-state index in [0.717, 1.165) is 82.8 Å². The average Bonchev–Trinajstić information content (AvgIpc) is 3.30. The first-order valence-electron chi connectivity index (χ1n) is 19.6. The minimum Gasteiger partial charge on any atom is -0.254 e. The van der Waals surface area contributed by atoms with Crippen LogP contribution in [-0.2, 0) is 0 Å². The number of pyridine rings is 4. The highest BCUT2D eigenvalue weighted by Gasteiger charge is 2.13. The molecule has 12 aromatic rings. The van der Waals surface area contributed by atoms with Gasteiger partial charge in [-0.2, -0.15) is 0 Å². The van der Waals surface area contributed by atoms with Crippen LogP contribution in [0.5, 0.6) is 0 Å². The third-order valence-electron chi connectivity index (χ3n) is 11.7. The molecule has 4 nitrogen and oxygen atoms in total. The average molecular weight is 737 g/mol. The van der Waals surface area contributed by atoms with Gasteiger partial charge in [-0.15, -0.1) is 0 Å². The molecule has 0 aliphatic heterocycles. The molecule has 0 N–H and O–H groups in total. The maximum atomic E-state index is 5.22. The molecule has 4 heterocycles. The zero-order chi connectivity index (χ0) is 38.2. The molecule has 268 valence electrons. The Morgan fingerprint density at radius 2 is 0.759 bits per heavy atom. The molecule has 58 heavy (non-hydrogen) atoms. The Morgan fingerprint density at radius 3 is 1.47 bits per heavy atom. The highest BCUT2D eigenvalue weighted by Crippen LogP contribution is 2.38. The normalized spacial score (nSPS) is 11.8. The van der Waals surface area contributed by atoms with Gasteiger partial charge in [-0.3, -0.25) is 9.97 Å². The van der Waals surface area contributed by atoms with Crippen LogP contribution in [0.1, 0.15) is 0 Å². The lowest BCUT2D eigenvalue weighted by atomic mass is 9.92. The fraction of sp³-hybridized carbons (Fsp3) is 0. The SMILES string of the molecule is c1cnc2c(c1)cc(-c1ccc(-c3ccc4ccc(-c5ccc6ccc(-c7ccc8c9ccccc9c9ccccc9c8c7)cc6n5)cc4n3)cc1)c1cccnc12. The van der Waals surface area contributed by atoms with Gasteiger partial charge >= 0.3 is 0 Å². The Hall–Kier alpha value is -7.82. The van der Waals surface area contributed by atoms with E-state index in [-0.39, 0.29) is 0 Å². The Kier molecular flexibility index (Phi) is 7.20. The molecular formula is C54H32N4. The lowest BCUT2D eigenvalue weighted by Crippen LogP contribution is -1.90. The van der Waals surface area contributed by atoms with E-state index in [1.165, 1.54) is 37.9 Å². The third-order valence-corrected chi connectivity index (χ3v) is 11.7. The van der Waals surface area contributed by atoms with Crippen LogP contribution in [0.25, 0.3) is 121 Å². The van der Waals surface area contributed by atoms with Crippen LogP contribution in [-0.4, -0.2) is 19.9 Å². The van der Waals surface area contributed by atoms with E-state index in [1.807, 2.05) is 24.5 Å². The predicted molar refractivity (Wildman–Crippen MR) is 242 cm³/mol. The molecule has 8 aromatic carbocycles. The van der Waals surface area contributed by atoms with Gasteiger partial charge < -0.3 is 0 Å². The van der Waals surface area contributed by atoms with E-state index in [1.54, 1.807) is 0 Å². The molecule has 0 atom stereocenters. The Bertz CT molecular complexity index is 3590. The van der Waals surface area contributed by atoms with Crippen molar-refractivity contribution in [2.24, 2.45) is 0 Å². The molecule has 0 bridgehead atoms. The summed E-state index contributed by atoms with van der Waals surface area (Å²) in [5.41, 5.74) is 12.3. The lowest BCUT2D eigenvalue weighted by molar-refractivity contribution is 1.37. The number of fused-ring (bicyclic) bond motifs is 11. The summed E-state index contributed by atoms with van der Waals surface area (Å²) in [5.74, 6) is 0. The highest BCUT2D eigenvalue weighted by molar-refractivity contribution is 6.25. The zero-order valence-corrected chi connectivity index (χ0v) is 31.3. The molecule has 4 heteroatoms. The van der Waals surface area contributed by atoms with Crippen LogP contribution in [0.15, 0.2) is 194 Å². The summed E-state index contributed by atoms with van der Waals surface area (Å²) in [7, 11) is 0. The predicted octanol–water partition coefficient (Wildman–Crippen LogP) is 14.0. The van der Waals surface area contributed by atoms with Crippen LogP contribution in [0.3, 0.4) is 0 Å². The minimum atomic E-state index is 0.917. The van der Waals surface area contributed by atoms with Crippen molar-refractivity contribution < 1.29 is 0 Å². The van der Waals surface area contributed by atoms with Gasteiger partial charge in [0.15, 0.2) is 0 Å². The van der Waals surface area contributed by atoms with E-state index < -0.39 is 0 Å². The second kappa shape index (κ2) is 12.9. The van der Waals surface area contributed by atoms with E-state index in [4.69, 9.17) is 15.0 Å². The molecule has 12 rings (SSSR count). The van der Waals surface area contributed by atoms with Gasteiger partial charge in [-0.05, 0) is 103 Å². The van der Waals surface area contributed by atoms with Crippen LogP contribution < -0.4 is 0 Å². The number of nitrogens with zero attached hydrogens (tertiary/aromatic N) is 4. The van der Waals surface area contributed by atoms with Crippen molar-refractivity contribution in [3.8, 4) is 44.8 Å². The first-order chi connectivity index (χ1) is 28.7. The van der Waals surface area contributed by atoms with Crippen molar-refractivity contribution in [1.29, 1.82) is 0 Å². The number of hydrogen-bond acceptors (Lipinski definition) is 4. The number of hydrogen-bond donors (Lipinski definition) is 0. The van der Waals surface area contributed by atoms with Crippen molar-refractivity contribution in [2.45, 2.75) is 0 Å². The van der Waals surface area contributed by atoms with E-state index >= 15 is 0 Å². The largest absolute Gasteiger partial charge is 0.254 e. The first-order valence-corrected chi connectivity index (χ1v) is 19.6. The van der Waals surface area contributed by atoms with Crippen molar-refractivity contribution in [2.75, 3.05) is 0 Å². The van der Waals surface area contributed by atoms with Crippen molar-refractivity contribution >= 4 is 75.9 Å². The highest BCUT2D eigenvalue weighted by atomic mass is 14.7. The lowest BCUT2D eigenvalue weighted by Gasteiger charge is -2.12. The molecule has 0 aliphatic rings. The second-order valence-corrected chi connectivity index (χ2v) is 15.0. The van der Waals surface area contributed by atoms with Crippen LogP contribution in [0, 0.1) is 0 Å². The van der Waals surface area contributed by atoms with Crippen molar-refractivity contribution in [1.82, 2.24) is 19.9 Å². The number of benzene rings is 8. The summed E-state index contributed by atoms with van der Waals surface area (Å²) < 4.78 is 0. The Balaban J connectivity index is 0.888. The summed E-state index contributed by atoms with van der Waals surface area (Å²) in [4.78, 5) is 19.7. The molecule has 0 aliphatic carbocycles. The summed E-state index contributed by atoms with van der Waals surface area (Å²) >= 11 is 0. The Labute approximate surface area is 333 Å². The fourth-order valence-electron chi connectivity index (χ4n) is 8.82. The van der Waals surface area contributed by atoms with Gasteiger partial charge in [-0.1, -0.05) is 133 Å². The monoisotopic (exact) mass is 736 g/mol. The van der Waals surface area contributed by atoms with Crippen LogP contribution in [0.2, 0.25) is 0 Å². The smallest absolute Gasteiger partial charge is 0.0970 e. The van der Waals surface area contributed by atoms with Crippen LogP contribution >= 0.6 is 0 Å². The molecule has 0 saturated carbocycles. The van der Waals surface area contributed by atoms with E-state index in [0.29, 0.717) is 0 Å². The molecule has 0 saturated heterocycles. The molecule has 0 amide bonds. The molecule has 0 unspecified atom stereocenters. The number of aromatic nitrogens is 4. The topological polar surface area (TPSA) is 51.6 Å². The van der Waals surface area contributed by atoms with E-state index in [9.17, 15) is 0 Å². The molecule has 4 aromatic heterocycles. The summed E-state index contributed by atoms with van der Waals surface area (Å²) in [5, 5.41) is 12.0. The van der Waals surface area contributed by atoms with Gasteiger partial charge in [0.2, 0.25) is 0 Å². The summed E-state index contributed by atoms with van der Waals surface area (Å²) in [6, 6.07) is 65.0. The van der Waals surface area contributed by atoms with Crippen LogP contribution in [0.4, 0.5) is 0 Å². The quantitative estimate of drug-likeness (QED) is 0.169. The van der Waals surface area contributed by atoms with Gasteiger partial charge in [-0.25, -0.2) is 9.97 Å². The van der Waals surface area contributed by atoms with Gasteiger partial charge in [0.1, 0.15) is 0 Å². The number of rotatable bonds is 4. The fourth-order valence-corrected chi connectivity index (χ4v) is 8.82. The van der Waals surface area contributed by atoms with E-state index in [2.05, 4.69) is 175 Å². The molecule has 0 radical (unpaired) electrons. The standard InChI is InChI=1S/C54H32N4/c1-2-10-43-41(8-1)42-9-3-4-11-44(42)48-29-37(21-24-45(43)48)38-19-17-35-23-26-50(58-51(35)31-38)39-20-18-36-22-25-49(57-52(36)32-39)34-15-13-33(14-16-34)47-30-40-7-5-27-55-53(40)54-46(47)12-6-28-56-54/h1-32H. The van der Waals surface area contributed by atoms with Gasteiger partial charge in [0, 0.05) is 45.1 Å². The van der Waals surface area contributed by atoms with Gasteiger partial charge in [0.25, 0.3) is 0 Å². The zero-order valence-electron chi connectivity index (χ0n) is 31.3. The van der Waals surface area contributed by atoms with Gasteiger partial charge in [0.05, 0.1) is 33.5 Å². The summed E-state index contributed by atoms with van der Waals surface area (Å²) in [6.45, 7) is 0. The minimum absolute atomic E-state index is 0.917.